The number of nitrogens with zero attached hydrogens (tertiary/aromatic N) is 4. The number of aromatic nitrogens is 3. The van der Waals surface area contributed by atoms with Gasteiger partial charge in [-0.05, 0) is 57.0 Å². The second kappa shape index (κ2) is 9.40. The minimum atomic E-state index is -1.46. The quantitative estimate of drug-likeness (QED) is 0.532. The monoisotopic (exact) mass is 484 g/mol. The summed E-state index contributed by atoms with van der Waals surface area (Å²) >= 11 is 0. The van der Waals surface area contributed by atoms with Crippen molar-refractivity contribution in [3.05, 3.63) is 88.3 Å². The molecule has 2 aromatic heterocycles. The predicted molar refractivity (Wildman–Crippen MR) is 141 cm³/mol. The third kappa shape index (κ3) is 4.79. The Labute approximate surface area is 214 Å². The Bertz CT molecular complexity index is 1290. The van der Waals surface area contributed by atoms with Gasteiger partial charge in [-0.25, -0.2) is 9.97 Å². The van der Waals surface area contributed by atoms with Crippen LogP contribution in [0.25, 0.3) is 0 Å². The molecule has 1 aromatic carbocycles. The molecule has 1 aliphatic heterocycles. The van der Waals surface area contributed by atoms with Crippen LogP contribution >= 0.6 is 0 Å². The minimum absolute atomic E-state index is 0.393. The number of hydrogen-bond donors (Lipinski definition) is 2. The Morgan fingerprint density at radius 2 is 1.67 bits per heavy atom. The third-order valence-electron chi connectivity index (χ3n) is 7.18. The summed E-state index contributed by atoms with van der Waals surface area (Å²) in [5.41, 5.74) is 1.51. The van der Waals surface area contributed by atoms with Crippen LogP contribution in [0, 0.1) is 31.1 Å². The molecule has 0 spiro atoms. The first kappa shape index (κ1) is 26.0. The van der Waals surface area contributed by atoms with E-state index in [1.807, 2.05) is 25.1 Å². The van der Waals surface area contributed by atoms with Crippen LogP contribution < -0.4 is 0 Å². The molecule has 1 saturated heterocycles. The van der Waals surface area contributed by atoms with Gasteiger partial charge in [0.1, 0.15) is 11.4 Å². The van der Waals surface area contributed by atoms with E-state index in [9.17, 15) is 10.2 Å². The largest absolute Gasteiger partial charge is 0.380 e. The predicted octanol–water partition coefficient (Wildman–Crippen LogP) is 4.06. The van der Waals surface area contributed by atoms with E-state index in [1.165, 1.54) is 5.56 Å². The highest BCUT2D eigenvalue weighted by molar-refractivity contribution is 5.45. The van der Waals surface area contributed by atoms with Crippen molar-refractivity contribution < 1.29 is 10.2 Å². The maximum absolute atomic E-state index is 12.4. The molecular formula is C30H36N4O2. The average Bonchev–Trinajstić information content (AvgIpc) is 2.81. The van der Waals surface area contributed by atoms with Crippen molar-refractivity contribution in [2.75, 3.05) is 20.1 Å². The van der Waals surface area contributed by atoms with Crippen LogP contribution in [-0.4, -0.2) is 50.2 Å². The van der Waals surface area contributed by atoms with Crippen LogP contribution in [0.5, 0.6) is 0 Å². The number of aryl methyl sites for hydroxylation is 2. The maximum atomic E-state index is 12.4. The van der Waals surface area contributed by atoms with Crippen LogP contribution in [0.3, 0.4) is 0 Å². The molecule has 0 amide bonds. The van der Waals surface area contributed by atoms with Crippen molar-refractivity contribution >= 4 is 0 Å². The zero-order valence-electron chi connectivity index (χ0n) is 22.3. The van der Waals surface area contributed by atoms with Gasteiger partial charge in [-0.1, -0.05) is 56.9 Å². The molecule has 0 aliphatic carbocycles. The summed E-state index contributed by atoms with van der Waals surface area (Å²) in [7, 11) is 2.06. The van der Waals surface area contributed by atoms with Crippen molar-refractivity contribution in [2.45, 2.75) is 58.7 Å². The Hall–Kier alpha value is -3.11. The van der Waals surface area contributed by atoms with Gasteiger partial charge in [-0.2, -0.15) is 0 Å². The van der Waals surface area contributed by atoms with Crippen LogP contribution in [0.1, 0.15) is 73.1 Å². The molecule has 4 rings (SSSR count). The van der Waals surface area contributed by atoms with Crippen molar-refractivity contribution in [3.8, 4) is 11.8 Å². The number of pyridine rings is 1. The normalized spacial score (nSPS) is 18.5. The first-order valence-corrected chi connectivity index (χ1v) is 12.4. The second-order valence-electron chi connectivity index (χ2n) is 10.9. The highest BCUT2D eigenvalue weighted by Crippen LogP contribution is 2.50. The molecule has 2 atom stereocenters. The van der Waals surface area contributed by atoms with E-state index >= 15 is 0 Å². The lowest BCUT2D eigenvalue weighted by Gasteiger charge is -2.55. The molecule has 0 radical (unpaired) electrons. The number of benzene rings is 1. The zero-order chi connectivity index (χ0) is 26.3. The molecule has 0 bridgehead atoms. The van der Waals surface area contributed by atoms with Gasteiger partial charge < -0.3 is 15.1 Å². The topological polar surface area (TPSA) is 82.4 Å². The lowest BCUT2D eigenvalue weighted by Crippen LogP contribution is -2.63. The van der Waals surface area contributed by atoms with Crippen molar-refractivity contribution in [2.24, 2.45) is 5.41 Å². The molecule has 3 aromatic rings. The average molecular weight is 485 g/mol. The Balaban J connectivity index is 1.75. The van der Waals surface area contributed by atoms with Gasteiger partial charge in [0, 0.05) is 47.7 Å². The summed E-state index contributed by atoms with van der Waals surface area (Å²) < 4.78 is 0. The molecule has 36 heavy (non-hydrogen) atoms. The van der Waals surface area contributed by atoms with E-state index in [2.05, 4.69) is 71.6 Å². The first-order chi connectivity index (χ1) is 16.8. The van der Waals surface area contributed by atoms with Gasteiger partial charge in [0.2, 0.25) is 0 Å². The lowest BCUT2D eigenvalue weighted by molar-refractivity contribution is -0.127. The smallest absolute Gasteiger partial charge is 0.165 e. The van der Waals surface area contributed by atoms with Gasteiger partial charge in [-0.15, -0.1) is 0 Å². The van der Waals surface area contributed by atoms with Gasteiger partial charge >= 0.3 is 0 Å². The van der Waals surface area contributed by atoms with E-state index in [0.29, 0.717) is 28.6 Å². The molecule has 6 heteroatoms. The Morgan fingerprint density at radius 3 is 2.25 bits per heavy atom. The van der Waals surface area contributed by atoms with E-state index in [-0.39, 0.29) is 0 Å². The van der Waals surface area contributed by atoms with Gasteiger partial charge in [0.15, 0.2) is 5.60 Å². The van der Waals surface area contributed by atoms with E-state index in [1.54, 1.807) is 32.3 Å². The lowest BCUT2D eigenvalue weighted by atomic mass is 9.62. The van der Waals surface area contributed by atoms with Crippen molar-refractivity contribution in [3.63, 3.8) is 0 Å². The summed E-state index contributed by atoms with van der Waals surface area (Å²) in [5.74, 6) is 7.00. The zero-order valence-corrected chi connectivity index (χ0v) is 22.3. The summed E-state index contributed by atoms with van der Waals surface area (Å²) in [5, 5.41) is 23.4. The fraction of sp³-hybridized carbons (Fsp3) is 0.433. The second-order valence-corrected chi connectivity index (χ2v) is 10.9. The molecule has 2 N–H and O–H groups in total. The molecule has 1 aliphatic rings. The van der Waals surface area contributed by atoms with Crippen LogP contribution in [0.4, 0.5) is 0 Å². The number of rotatable bonds is 5. The SMILES string of the molecule is Cc1cc([C@](C)(O)C#Cc2cncc([C@@](O)(c3ccc(C(C)C)cc3)C3(C)CN(C)C3)c2)nc(C)n1. The summed E-state index contributed by atoms with van der Waals surface area (Å²) in [4.78, 5) is 15.3. The highest BCUT2D eigenvalue weighted by Gasteiger charge is 2.55. The van der Waals surface area contributed by atoms with Gasteiger partial charge in [-0.3, -0.25) is 4.98 Å². The molecule has 6 nitrogen and oxygen atoms in total. The Kier molecular flexibility index (Phi) is 6.78. The van der Waals surface area contributed by atoms with E-state index in [0.717, 1.165) is 24.3 Å². The molecule has 0 unspecified atom stereocenters. The maximum Gasteiger partial charge on any atom is 0.165 e. The summed E-state index contributed by atoms with van der Waals surface area (Å²) in [6, 6.07) is 11.9. The standard InChI is InChI=1S/C30H36N4O2/c1-20(2)24-8-10-25(11-9-24)30(36,28(5)18-34(7)19-28)26-15-23(16-31-17-26)12-13-29(6,35)27-14-21(3)32-22(4)33-27/h8-11,14-17,20,35-36H,18-19H2,1-7H3/t29-,30+/m1/s1. The molecule has 188 valence electrons. The molecule has 3 heterocycles. The molecule has 1 fully saturated rings. The molecular weight excluding hydrogens is 448 g/mol. The third-order valence-corrected chi connectivity index (χ3v) is 7.18. The van der Waals surface area contributed by atoms with Crippen molar-refractivity contribution in [1.29, 1.82) is 0 Å². The number of aliphatic hydroxyl groups is 2. The van der Waals surface area contributed by atoms with E-state index < -0.39 is 16.6 Å². The van der Waals surface area contributed by atoms with Gasteiger partial charge in [0.25, 0.3) is 0 Å². The fourth-order valence-electron chi connectivity index (χ4n) is 5.28. The number of likely N-dealkylation sites (tertiary alicyclic amines) is 1. The molecule has 0 saturated carbocycles. The first-order valence-electron chi connectivity index (χ1n) is 12.4. The van der Waals surface area contributed by atoms with Crippen LogP contribution in [0.15, 0.2) is 48.8 Å². The fourth-order valence-corrected chi connectivity index (χ4v) is 5.28. The van der Waals surface area contributed by atoms with Crippen molar-refractivity contribution in [1.82, 2.24) is 19.9 Å². The number of hydrogen-bond acceptors (Lipinski definition) is 6. The summed E-state index contributed by atoms with van der Waals surface area (Å²) in [6.45, 7) is 13.2. The minimum Gasteiger partial charge on any atom is -0.380 e. The van der Waals surface area contributed by atoms with Crippen LogP contribution in [-0.2, 0) is 11.2 Å². The van der Waals surface area contributed by atoms with Crippen LogP contribution in [0.2, 0.25) is 0 Å². The highest BCUT2D eigenvalue weighted by atomic mass is 16.3. The van der Waals surface area contributed by atoms with Gasteiger partial charge in [0.05, 0.1) is 5.69 Å². The summed E-state index contributed by atoms with van der Waals surface area (Å²) in [6.07, 6.45) is 3.38. The van der Waals surface area contributed by atoms with E-state index in [4.69, 9.17) is 0 Å². The Morgan fingerprint density at radius 1 is 1.00 bits per heavy atom.